The Morgan fingerprint density at radius 1 is 1.42 bits per heavy atom. The Bertz CT molecular complexity index is 433. The lowest BCUT2D eigenvalue weighted by Gasteiger charge is -2.26. The van der Waals surface area contributed by atoms with E-state index in [0.29, 0.717) is 11.7 Å². The van der Waals surface area contributed by atoms with E-state index < -0.39 is 5.97 Å². The fourth-order valence-electron chi connectivity index (χ4n) is 2.01. The van der Waals surface area contributed by atoms with Crippen molar-refractivity contribution in [2.24, 2.45) is 5.92 Å². The Labute approximate surface area is 119 Å². The molecule has 0 saturated heterocycles. The summed E-state index contributed by atoms with van der Waals surface area (Å²) >= 11 is 5.84. The fourth-order valence-corrected chi connectivity index (χ4v) is 2.19. The minimum absolute atomic E-state index is 0.106. The number of rotatable bonds is 7. The summed E-state index contributed by atoms with van der Waals surface area (Å²) in [5, 5.41) is 9.26. The quantitative estimate of drug-likeness (QED) is 0.829. The number of nitrogens with zero attached hydrogens (tertiary/aromatic N) is 2. The predicted octanol–water partition coefficient (Wildman–Crippen LogP) is 3.70. The minimum atomic E-state index is -1.02. The van der Waals surface area contributed by atoms with Gasteiger partial charge in [-0.15, -0.1) is 0 Å². The predicted molar refractivity (Wildman–Crippen MR) is 78.2 cm³/mol. The standard InChI is InChI=1S/C14H21ClN2O2/c1-4-10(5-2)9-17(6-3)13-7-11(14(18)19)12(15)8-16-13/h7-8,10H,4-6,9H2,1-3H3,(H,18,19). The number of halogens is 1. The van der Waals surface area contributed by atoms with Gasteiger partial charge < -0.3 is 10.0 Å². The van der Waals surface area contributed by atoms with E-state index in [1.807, 2.05) is 6.92 Å². The summed E-state index contributed by atoms with van der Waals surface area (Å²) in [6.45, 7) is 8.06. The fraction of sp³-hybridized carbons (Fsp3) is 0.571. The van der Waals surface area contributed by atoms with Crippen molar-refractivity contribution in [1.29, 1.82) is 0 Å². The molecule has 1 N–H and O–H groups in total. The lowest BCUT2D eigenvalue weighted by molar-refractivity contribution is 0.0697. The molecule has 0 aliphatic heterocycles. The van der Waals surface area contributed by atoms with E-state index in [0.717, 1.165) is 25.9 Å². The average Bonchev–Trinajstić information content (AvgIpc) is 2.41. The Balaban J connectivity index is 2.98. The van der Waals surface area contributed by atoms with Crippen LogP contribution in [0.2, 0.25) is 5.02 Å². The summed E-state index contributed by atoms with van der Waals surface area (Å²) in [5.41, 5.74) is 0.106. The van der Waals surface area contributed by atoms with Crippen molar-refractivity contribution >= 4 is 23.4 Å². The topological polar surface area (TPSA) is 53.4 Å². The van der Waals surface area contributed by atoms with Crippen molar-refractivity contribution in [3.8, 4) is 0 Å². The summed E-state index contributed by atoms with van der Waals surface area (Å²) in [6, 6.07) is 1.55. The summed E-state index contributed by atoms with van der Waals surface area (Å²) in [7, 11) is 0. The van der Waals surface area contributed by atoms with E-state index in [2.05, 4.69) is 23.7 Å². The smallest absolute Gasteiger partial charge is 0.337 e. The van der Waals surface area contributed by atoms with Crippen molar-refractivity contribution in [2.75, 3.05) is 18.0 Å². The SMILES string of the molecule is CCC(CC)CN(CC)c1cc(C(=O)O)c(Cl)cn1. The number of aromatic nitrogens is 1. The second kappa shape index (κ2) is 7.34. The molecule has 0 atom stereocenters. The second-order valence-electron chi connectivity index (χ2n) is 4.55. The highest BCUT2D eigenvalue weighted by molar-refractivity contribution is 6.33. The number of carboxylic acid groups (broad SMARTS) is 1. The van der Waals surface area contributed by atoms with Crippen LogP contribution in [-0.4, -0.2) is 29.1 Å². The number of carbonyl (C=O) groups is 1. The lowest BCUT2D eigenvalue weighted by atomic mass is 10.0. The zero-order chi connectivity index (χ0) is 14.4. The van der Waals surface area contributed by atoms with Gasteiger partial charge in [0.05, 0.1) is 10.6 Å². The number of carboxylic acids is 1. The second-order valence-corrected chi connectivity index (χ2v) is 4.96. The minimum Gasteiger partial charge on any atom is -0.478 e. The molecule has 0 aliphatic rings. The maximum atomic E-state index is 11.1. The Morgan fingerprint density at radius 3 is 2.53 bits per heavy atom. The molecule has 1 rings (SSSR count). The molecule has 1 aromatic rings. The zero-order valence-electron chi connectivity index (χ0n) is 11.7. The van der Waals surface area contributed by atoms with Crippen LogP contribution in [-0.2, 0) is 0 Å². The Morgan fingerprint density at radius 2 is 2.05 bits per heavy atom. The highest BCUT2D eigenvalue weighted by Gasteiger charge is 2.16. The molecule has 0 radical (unpaired) electrons. The molecule has 0 aliphatic carbocycles. The maximum absolute atomic E-state index is 11.1. The number of aromatic carboxylic acids is 1. The highest BCUT2D eigenvalue weighted by Crippen LogP contribution is 2.22. The first kappa shape index (κ1) is 15.8. The molecule has 0 aromatic carbocycles. The van der Waals surface area contributed by atoms with Crippen LogP contribution < -0.4 is 4.90 Å². The van der Waals surface area contributed by atoms with Crippen LogP contribution in [0.3, 0.4) is 0 Å². The van der Waals surface area contributed by atoms with E-state index >= 15 is 0 Å². The van der Waals surface area contributed by atoms with Crippen LogP contribution in [0, 0.1) is 5.92 Å². The number of hydrogen-bond donors (Lipinski definition) is 1. The third-order valence-electron chi connectivity index (χ3n) is 3.41. The van der Waals surface area contributed by atoms with E-state index in [4.69, 9.17) is 16.7 Å². The van der Waals surface area contributed by atoms with Gasteiger partial charge in [0.1, 0.15) is 5.82 Å². The van der Waals surface area contributed by atoms with Gasteiger partial charge in [-0.3, -0.25) is 0 Å². The molecule has 0 unspecified atom stereocenters. The van der Waals surface area contributed by atoms with Gasteiger partial charge in [0.15, 0.2) is 0 Å². The van der Waals surface area contributed by atoms with Crippen molar-refractivity contribution < 1.29 is 9.90 Å². The van der Waals surface area contributed by atoms with Crippen LogP contribution in [0.15, 0.2) is 12.3 Å². The molecule has 0 spiro atoms. The molecule has 0 amide bonds. The van der Waals surface area contributed by atoms with Crippen LogP contribution in [0.1, 0.15) is 44.0 Å². The lowest BCUT2D eigenvalue weighted by Crippen LogP contribution is -2.30. The van der Waals surface area contributed by atoms with Gasteiger partial charge in [-0.25, -0.2) is 9.78 Å². The third-order valence-corrected chi connectivity index (χ3v) is 3.71. The van der Waals surface area contributed by atoms with Gasteiger partial charge in [-0.05, 0) is 18.9 Å². The molecule has 106 valence electrons. The van der Waals surface area contributed by atoms with Gasteiger partial charge >= 0.3 is 5.97 Å². The van der Waals surface area contributed by atoms with Crippen molar-refractivity contribution in [2.45, 2.75) is 33.6 Å². The first-order valence-electron chi connectivity index (χ1n) is 6.67. The van der Waals surface area contributed by atoms with Gasteiger partial charge in [-0.2, -0.15) is 0 Å². The van der Waals surface area contributed by atoms with Crippen LogP contribution >= 0.6 is 11.6 Å². The molecule has 19 heavy (non-hydrogen) atoms. The van der Waals surface area contributed by atoms with Gasteiger partial charge in [0.25, 0.3) is 0 Å². The normalized spacial score (nSPS) is 10.8. The van der Waals surface area contributed by atoms with E-state index in [1.165, 1.54) is 6.20 Å². The van der Waals surface area contributed by atoms with Crippen LogP contribution in [0.5, 0.6) is 0 Å². The average molecular weight is 285 g/mol. The van der Waals surface area contributed by atoms with E-state index in [9.17, 15) is 4.79 Å². The summed E-state index contributed by atoms with van der Waals surface area (Å²) in [4.78, 5) is 17.4. The van der Waals surface area contributed by atoms with Crippen LogP contribution in [0.25, 0.3) is 0 Å². The summed E-state index contributed by atoms with van der Waals surface area (Å²) < 4.78 is 0. The molecule has 0 fully saturated rings. The number of anilines is 1. The Kier molecular flexibility index (Phi) is 6.09. The van der Waals surface area contributed by atoms with E-state index in [-0.39, 0.29) is 10.6 Å². The molecule has 1 aromatic heterocycles. The number of pyridine rings is 1. The molecule has 0 bridgehead atoms. The van der Waals surface area contributed by atoms with Gasteiger partial charge in [-0.1, -0.05) is 38.3 Å². The molecule has 0 saturated carbocycles. The van der Waals surface area contributed by atoms with Crippen molar-refractivity contribution in [1.82, 2.24) is 4.98 Å². The molecule has 1 heterocycles. The first-order valence-corrected chi connectivity index (χ1v) is 7.04. The third kappa shape index (κ3) is 4.10. The van der Waals surface area contributed by atoms with Gasteiger partial charge in [0, 0.05) is 19.3 Å². The van der Waals surface area contributed by atoms with Gasteiger partial charge in [0.2, 0.25) is 0 Å². The molecule has 4 nitrogen and oxygen atoms in total. The molecular formula is C14H21ClN2O2. The number of hydrogen-bond acceptors (Lipinski definition) is 3. The summed E-state index contributed by atoms with van der Waals surface area (Å²) in [6.07, 6.45) is 3.62. The highest BCUT2D eigenvalue weighted by atomic mass is 35.5. The first-order chi connectivity index (χ1) is 9.03. The monoisotopic (exact) mass is 284 g/mol. The van der Waals surface area contributed by atoms with Crippen LogP contribution in [0.4, 0.5) is 5.82 Å². The summed E-state index contributed by atoms with van der Waals surface area (Å²) in [5.74, 6) is 0.245. The van der Waals surface area contributed by atoms with Crippen molar-refractivity contribution in [3.05, 3.63) is 22.8 Å². The molecular weight excluding hydrogens is 264 g/mol. The largest absolute Gasteiger partial charge is 0.478 e. The maximum Gasteiger partial charge on any atom is 0.337 e. The van der Waals surface area contributed by atoms with E-state index in [1.54, 1.807) is 6.07 Å². The molecule has 5 heteroatoms. The Hall–Kier alpha value is -1.29. The zero-order valence-corrected chi connectivity index (χ0v) is 12.4. The van der Waals surface area contributed by atoms with Crippen molar-refractivity contribution in [3.63, 3.8) is 0 Å².